The van der Waals surface area contributed by atoms with Crippen LogP contribution in [0.25, 0.3) is 5.57 Å². The molecule has 1 unspecified atom stereocenters. The molecule has 0 fully saturated rings. The first-order valence-electron chi connectivity index (χ1n) is 7.99. The minimum absolute atomic E-state index is 0.949. The van der Waals surface area contributed by atoms with E-state index in [2.05, 4.69) is 68.0 Å². The lowest BCUT2D eigenvalue weighted by molar-refractivity contribution is 0.509. The van der Waals surface area contributed by atoms with Gasteiger partial charge in [-0.25, -0.2) is 0 Å². The van der Waals surface area contributed by atoms with Crippen LogP contribution in [0, 0.1) is 33.6 Å². The number of aryl methyl sites for hydroxylation is 2. The van der Waals surface area contributed by atoms with Crippen LogP contribution in [-0.2, 0) is 0 Å². The minimum atomic E-state index is 0.949. The number of allylic oxidation sites excluding steroid dienone is 1. The Morgan fingerprint density at radius 3 is 1.95 bits per heavy atom. The minimum Gasteiger partial charge on any atom is -0.0955 e. The molecule has 0 amide bonds. The van der Waals surface area contributed by atoms with Crippen molar-refractivity contribution in [2.75, 3.05) is 0 Å². The summed E-state index contributed by atoms with van der Waals surface area (Å²) in [7, 11) is 0. The molecule has 0 nitrogen and oxygen atoms in total. The summed E-state index contributed by atoms with van der Waals surface area (Å²) >= 11 is 0. The highest BCUT2D eigenvalue weighted by molar-refractivity contribution is 5.69. The summed E-state index contributed by atoms with van der Waals surface area (Å²) in [6.07, 6.45) is 4.08. The van der Waals surface area contributed by atoms with E-state index in [4.69, 9.17) is 0 Å². The van der Waals surface area contributed by atoms with Gasteiger partial charge in [0.1, 0.15) is 0 Å². The van der Waals surface area contributed by atoms with Crippen molar-refractivity contribution in [3.8, 4) is 0 Å². The second-order valence-corrected chi connectivity index (χ2v) is 6.22. The zero-order valence-corrected chi connectivity index (χ0v) is 15.0. The van der Waals surface area contributed by atoms with E-state index in [0.29, 0.717) is 0 Å². The first-order valence-corrected chi connectivity index (χ1v) is 7.99. The second-order valence-electron chi connectivity index (χ2n) is 6.22. The number of benzene rings is 1. The summed E-state index contributed by atoms with van der Waals surface area (Å²) in [5, 5.41) is 0. The van der Waals surface area contributed by atoms with Crippen molar-refractivity contribution in [2.45, 2.75) is 74.7 Å². The van der Waals surface area contributed by atoms with Gasteiger partial charge in [0.15, 0.2) is 0 Å². The van der Waals surface area contributed by atoms with Gasteiger partial charge in [0.25, 0.3) is 0 Å². The molecule has 0 radical (unpaired) electrons. The van der Waals surface area contributed by atoms with Crippen molar-refractivity contribution in [1.82, 2.24) is 0 Å². The van der Waals surface area contributed by atoms with Crippen molar-refractivity contribution < 1.29 is 0 Å². The molecule has 0 aliphatic heterocycles. The molecule has 0 spiro atoms. The Bertz CT molecular complexity index is 438. The van der Waals surface area contributed by atoms with E-state index in [1.807, 2.05) is 0 Å². The average molecular weight is 274 g/mol. The molecule has 0 N–H and O–H groups in total. The molecule has 0 heteroatoms. The normalized spacial score (nSPS) is 11.6. The number of hydrogen-bond donors (Lipinski definition) is 0. The molecule has 0 bridgehead atoms. The van der Waals surface area contributed by atoms with Gasteiger partial charge in [-0.3, -0.25) is 0 Å². The third-order valence-electron chi connectivity index (χ3n) is 4.26. The Morgan fingerprint density at radius 1 is 1.05 bits per heavy atom. The van der Waals surface area contributed by atoms with Crippen LogP contribution in [0.4, 0.5) is 0 Å². The smallest absolute Gasteiger partial charge is 0.0172 e. The van der Waals surface area contributed by atoms with Gasteiger partial charge in [0.2, 0.25) is 0 Å². The third-order valence-corrected chi connectivity index (χ3v) is 4.26. The van der Waals surface area contributed by atoms with E-state index in [1.165, 1.54) is 47.1 Å². The van der Waals surface area contributed by atoms with Gasteiger partial charge < -0.3 is 0 Å². The molecule has 1 atom stereocenters. The predicted octanol–water partition coefficient (Wildman–Crippen LogP) is 6.79. The lowest BCUT2D eigenvalue weighted by Gasteiger charge is -2.14. The maximum atomic E-state index is 4.02. The molecule has 0 saturated heterocycles. The summed E-state index contributed by atoms with van der Waals surface area (Å²) in [5.74, 6) is 0.949. The molecule has 1 aromatic rings. The zero-order chi connectivity index (χ0) is 15.9. The van der Waals surface area contributed by atoms with E-state index < -0.39 is 0 Å². The van der Waals surface area contributed by atoms with E-state index in [9.17, 15) is 0 Å². The zero-order valence-electron chi connectivity index (χ0n) is 15.0. The standard InChI is InChI=1S/C13H18.C7H16/c1-8(2)13-10(4)7-9(3)11(5)12(13)6;1-4-6-7(3)5-2/h7H,1H2,2-6H3;7H,4-6H2,1-3H3. The molecule has 0 saturated carbocycles. The molecule has 1 rings (SSSR count). The first kappa shape index (κ1) is 19.0. The quantitative estimate of drug-likeness (QED) is 0.567. The van der Waals surface area contributed by atoms with E-state index in [0.717, 1.165) is 11.5 Å². The van der Waals surface area contributed by atoms with Gasteiger partial charge in [0.05, 0.1) is 0 Å². The van der Waals surface area contributed by atoms with Crippen molar-refractivity contribution >= 4 is 5.57 Å². The van der Waals surface area contributed by atoms with E-state index >= 15 is 0 Å². The summed E-state index contributed by atoms with van der Waals surface area (Å²) in [6.45, 7) is 21.6. The molecule has 20 heavy (non-hydrogen) atoms. The highest BCUT2D eigenvalue weighted by atomic mass is 14.1. The van der Waals surface area contributed by atoms with Gasteiger partial charge >= 0.3 is 0 Å². The van der Waals surface area contributed by atoms with Crippen LogP contribution < -0.4 is 0 Å². The van der Waals surface area contributed by atoms with Crippen LogP contribution in [0.5, 0.6) is 0 Å². The second kappa shape index (κ2) is 9.00. The predicted molar refractivity (Wildman–Crippen MR) is 94.5 cm³/mol. The topological polar surface area (TPSA) is 0 Å². The number of rotatable bonds is 4. The first-order chi connectivity index (χ1) is 9.26. The van der Waals surface area contributed by atoms with Crippen LogP contribution in [0.2, 0.25) is 0 Å². The van der Waals surface area contributed by atoms with Crippen LogP contribution >= 0.6 is 0 Å². The molecular formula is C20H34. The van der Waals surface area contributed by atoms with Gasteiger partial charge in [-0.05, 0) is 68.4 Å². The Kier molecular flexibility index (Phi) is 8.53. The molecule has 0 heterocycles. The fourth-order valence-corrected chi connectivity index (χ4v) is 2.64. The van der Waals surface area contributed by atoms with Crippen molar-refractivity contribution in [1.29, 1.82) is 0 Å². The van der Waals surface area contributed by atoms with Crippen molar-refractivity contribution in [2.24, 2.45) is 5.92 Å². The summed E-state index contributed by atoms with van der Waals surface area (Å²) in [4.78, 5) is 0. The Hall–Kier alpha value is -1.04. The molecule has 0 aromatic heterocycles. The van der Waals surface area contributed by atoms with Gasteiger partial charge in [-0.1, -0.05) is 58.3 Å². The van der Waals surface area contributed by atoms with Crippen molar-refractivity contribution in [3.05, 3.63) is 40.5 Å². The lowest BCUT2D eigenvalue weighted by Crippen LogP contribution is -1.96. The molecule has 0 aliphatic carbocycles. The van der Waals surface area contributed by atoms with Crippen molar-refractivity contribution in [3.63, 3.8) is 0 Å². The molecule has 0 aliphatic rings. The van der Waals surface area contributed by atoms with Gasteiger partial charge in [0, 0.05) is 0 Å². The van der Waals surface area contributed by atoms with Gasteiger partial charge in [-0.15, -0.1) is 0 Å². The lowest BCUT2D eigenvalue weighted by atomic mass is 9.91. The maximum absolute atomic E-state index is 4.02. The van der Waals surface area contributed by atoms with E-state index in [1.54, 1.807) is 0 Å². The maximum Gasteiger partial charge on any atom is -0.0172 e. The van der Waals surface area contributed by atoms with Crippen LogP contribution in [0.1, 0.15) is 74.8 Å². The van der Waals surface area contributed by atoms with Crippen LogP contribution in [0.3, 0.4) is 0 Å². The molecule has 114 valence electrons. The molecule has 1 aromatic carbocycles. The molecular weight excluding hydrogens is 240 g/mol. The van der Waals surface area contributed by atoms with Gasteiger partial charge in [-0.2, -0.15) is 0 Å². The summed E-state index contributed by atoms with van der Waals surface area (Å²) < 4.78 is 0. The summed E-state index contributed by atoms with van der Waals surface area (Å²) in [5.41, 5.74) is 7.99. The largest absolute Gasteiger partial charge is 0.0955 e. The van der Waals surface area contributed by atoms with Crippen LogP contribution in [0.15, 0.2) is 12.6 Å². The number of hydrogen-bond acceptors (Lipinski definition) is 0. The Balaban J connectivity index is 0.000000441. The summed E-state index contributed by atoms with van der Waals surface area (Å²) in [6, 6.07) is 2.24. The van der Waals surface area contributed by atoms with Crippen LogP contribution in [-0.4, -0.2) is 0 Å². The Labute approximate surface area is 127 Å². The monoisotopic (exact) mass is 274 g/mol. The van der Waals surface area contributed by atoms with E-state index in [-0.39, 0.29) is 0 Å². The fourth-order valence-electron chi connectivity index (χ4n) is 2.64. The SMILES string of the molecule is C=C(C)c1c(C)cc(C)c(C)c1C.CCCC(C)CC. The Morgan fingerprint density at radius 2 is 1.60 bits per heavy atom. The fraction of sp³-hybridized carbons (Fsp3) is 0.600. The highest BCUT2D eigenvalue weighted by Crippen LogP contribution is 2.26. The highest BCUT2D eigenvalue weighted by Gasteiger charge is 2.07. The third kappa shape index (κ3) is 5.53. The average Bonchev–Trinajstić information content (AvgIpc) is 2.36.